The molecule has 0 aliphatic carbocycles. The molecule has 0 bridgehead atoms. The maximum absolute atomic E-state index is 11.6. The molecule has 3 nitrogen and oxygen atoms in total. The Morgan fingerprint density at radius 2 is 2.22 bits per heavy atom. The van der Waals surface area contributed by atoms with Crippen LogP contribution in [0.2, 0.25) is 0 Å². The van der Waals surface area contributed by atoms with E-state index >= 15 is 0 Å². The molecule has 0 fully saturated rings. The van der Waals surface area contributed by atoms with E-state index in [2.05, 4.69) is 41.1 Å². The standard InChI is InChI=1S/C14H18N2OS/c1-3-10(2)16-14(17)9-15-12-4-5-13-11(8-12)6-7-18-13/h4-8,10,15H,3,9H2,1-2H3,(H,16,17). The van der Waals surface area contributed by atoms with Crippen molar-refractivity contribution in [2.75, 3.05) is 11.9 Å². The van der Waals surface area contributed by atoms with Crippen molar-refractivity contribution in [1.82, 2.24) is 5.32 Å². The largest absolute Gasteiger partial charge is 0.376 e. The average molecular weight is 262 g/mol. The lowest BCUT2D eigenvalue weighted by molar-refractivity contribution is -0.120. The second kappa shape index (κ2) is 5.87. The first kappa shape index (κ1) is 12.9. The molecular weight excluding hydrogens is 244 g/mol. The van der Waals surface area contributed by atoms with Crippen molar-refractivity contribution < 1.29 is 4.79 Å². The minimum atomic E-state index is 0.0368. The third-order valence-corrected chi connectivity index (χ3v) is 3.82. The SMILES string of the molecule is CCC(C)NC(=O)CNc1ccc2sccc2c1. The number of hydrogen-bond acceptors (Lipinski definition) is 3. The lowest BCUT2D eigenvalue weighted by atomic mass is 10.2. The topological polar surface area (TPSA) is 41.1 Å². The van der Waals surface area contributed by atoms with Crippen molar-refractivity contribution in [3.8, 4) is 0 Å². The first-order valence-corrected chi connectivity index (χ1v) is 7.07. The number of thiophene rings is 1. The van der Waals surface area contributed by atoms with Crippen LogP contribution in [0, 0.1) is 0 Å². The molecule has 0 spiro atoms. The molecule has 2 N–H and O–H groups in total. The molecule has 0 aliphatic rings. The van der Waals surface area contributed by atoms with Gasteiger partial charge in [-0.05, 0) is 48.4 Å². The van der Waals surface area contributed by atoms with Gasteiger partial charge in [0, 0.05) is 16.4 Å². The molecule has 0 radical (unpaired) electrons. The smallest absolute Gasteiger partial charge is 0.239 e. The van der Waals surface area contributed by atoms with Crippen LogP contribution in [0.3, 0.4) is 0 Å². The van der Waals surface area contributed by atoms with Crippen molar-refractivity contribution >= 4 is 33.0 Å². The lowest BCUT2D eigenvalue weighted by Crippen LogP contribution is -2.36. The highest BCUT2D eigenvalue weighted by Crippen LogP contribution is 2.23. The van der Waals surface area contributed by atoms with Crippen LogP contribution < -0.4 is 10.6 Å². The van der Waals surface area contributed by atoms with E-state index in [-0.39, 0.29) is 11.9 Å². The predicted molar refractivity (Wildman–Crippen MR) is 78.2 cm³/mol. The number of fused-ring (bicyclic) bond motifs is 1. The maximum Gasteiger partial charge on any atom is 0.239 e. The molecule has 1 unspecified atom stereocenters. The van der Waals surface area contributed by atoms with Gasteiger partial charge in [0.1, 0.15) is 0 Å². The van der Waals surface area contributed by atoms with E-state index in [0.29, 0.717) is 6.54 Å². The van der Waals surface area contributed by atoms with Gasteiger partial charge >= 0.3 is 0 Å². The minimum absolute atomic E-state index is 0.0368. The van der Waals surface area contributed by atoms with Gasteiger partial charge < -0.3 is 10.6 Å². The molecule has 0 saturated heterocycles. The summed E-state index contributed by atoms with van der Waals surface area (Å²) in [6.07, 6.45) is 0.951. The Morgan fingerprint density at radius 3 is 3.00 bits per heavy atom. The Bertz CT molecular complexity index is 535. The Kier molecular flexibility index (Phi) is 4.20. The molecule has 96 valence electrons. The van der Waals surface area contributed by atoms with Gasteiger partial charge in [0.25, 0.3) is 0 Å². The predicted octanol–water partition coefficient (Wildman–Crippen LogP) is 3.23. The van der Waals surface area contributed by atoms with E-state index in [9.17, 15) is 4.79 Å². The van der Waals surface area contributed by atoms with Gasteiger partial charge in [-0.15, -0.1) is 11.3 Å². The molecule has 4 heteroatoms. The molecule has 2 rings (SSSR count). The van der Waals surface area contributed by atoms with Crippen LogP contribution in [-0.4, -0.2) is 18.5 Å². The van der Waals surface area contributed by atoms with Gasteiger partial charge in [-0.1, -0.05) is 6.92 Å². The summed E-state index contributed by atoms with van der Waals surface area (Å²) in [6, 6.07) is 8.48. The van der Waals surface area contributed by atoms with Crippen LogP contribution in [-0.2, 0) is 4.79 Å². The normalized spacial score (nSPS) is 12.3. The number of nitrogens with one attached hydrogen (secondary N) is 2. The zero-order valence-corrected chi connectivity index (χ0v) is 11.5. The van der Waals surface area contributed by atoms with Gasteiger partial charge in [0.05, 0.1) is 6.54 Å². The van der Waals surface area contributed by atoms with Gasteiger partial charge in [0.2, 0.25) is 5.91 Å². The highest BCUT2D eigenvalue weighted by molar-refractivity contribution is 7.17. The average Bonchev–Trinajstić information content (AvgIpc) is 2.83. The first-order valence-electron chi connectivity index (χ1n) is 6.19. The summed E-state index contributed by atoms with van der Waals surface area (Å²) < 4.78 is 1.27. The van der Waals surface area contributed by atoms with Crippen LogP contribution in [0.1, 0.15) is 20.3 Å². The summed E-state index contributed by atoms with van der Waals surface area (Å²) in [4.78, 5) is 11.6. The van der Waals surface area contributed by atoms with Crippen LogP contribution in [0.15, 0.2) is 29.6 Å². The number of carbonyl (C=O) groups excluding carboxylic acids is 1. The van der Waals surface area contributed by atoms with Gasteiger partial charge in [-0.25, -0.2) is 0 Å². The van der Waals surface area contributed by atoms with E-state index in [1.54, 1.807) is 11.3 Å². The summed E-state index contributed by atoms with van der Waals surface area (Å²) in [5.74, 6) is 0.0368. The van der Waals surface area contributed by atoms with E-state index < -0.39 is 0 Å². The quantitative estimate of drug-likeness (QED) is 0.868. The Balaban J connectivity index is 1.91. The second-order valence-corrected chi connectivity index (χ2v) is 5.35. The molecule has 1 aromatic carbocycles. The Morgan fingerprint density at radius 1 is 1.39 bits per heavy atom. The monoisotopic (exact) mass is 262 g/mol. The molecule has 1 aromatic heterocycles. The molecule has 0 saturated carbocycles. The van der Waals surface area contributed by atoms with Crippen molar-refractivity contribution in [1.29, 1.82) is 0 Å². The van der Waals surface area contributed by atoms with Crippen molar-refractivity contribution in [3.63, 3.8) is 0 Å². The Hall–Kier alpha value is -1.55. The highest BCUT2D eigenvalue weighted by Gasteiger charge is 2.05. The third-order valence-electron chi connectivity index (χ3n) is 2.93. The van der Waals surface area contributed by atoms with Crippen molar-refractivity contribution in [3.05, 3.63) is 29.6 Å². The summed E-state index contributed by atoms with van der Waals surface area (Å²) in [7, 11) is 0. The van der Waals surface area contributed by atoms with Gasteiger partial charge in [-0.3, -0.25) is 4.79 Å². The fourth-order valence-electron chi connectivity index (χ4n) is 1.69. The number of carbonyl (C=O) groups is 1. The van der Waals surface area contributed by atoms with Crippen molar-refractivity contribution in [2.24, 2.45) is 0 Å². The summed E-state index contributed by atoms with van der Waals surface area (Å²) in [5, 5.41) is 9.37. The van der Waals surface area contributed by atoms with Gasteiger partial charge in [0.15, 0.2) is 0 Å². The fourth-order valence-corrected chi connectivity index (χ4v) is 2.46. The molecule has 1 amide bonds. The van der Waals surface area contributed by atoms with Crippen LogP contribution >= 0.6 is 11.3 Å². The van der Waals surface area contributed by atoms with Crippen LogP contribution in [0.25, 0.3) is 10.1 Å². The number of rotatable bonds is 5. The summed E-state index contributed by atoms with van der Waals surface area (Å²) in [6.45, 7) is 4.39. The van der Waals surface area contributed by atoms with E-state index in [4.69, 9.17) is 0 Å². The zero-order valence-electron chi connectivity index (χ0n) is 10.7. The number of anilines is 1. The number of hydrogen-bond donors (Lipinski definition) is 2. The molecule has 0 aliphatic heterocycles. The zero-order chi connectivity index (χ0) is 13.0. The second-order valence-electron chi connectivity index (χ2n) is 4.40. The highest BCUT2D eigenvalue weighted by atomic mass is 32.1. The summed E-state index contributed by atoms with van der Waals surface area (Å²) >= 11 is 1.72. The fraction of sp³-hybridized carbons (Fsp3) is 0.357. The molecular formula is C14H18N2OS. The Labute approximate surface area is 111 Å². The maximum atomic E-state index is 11.6. The summed E-state index contributed by atoms with van der Waals surface area (Å²) in [5.41, 5.74) is 0.986. The van der Waals surface area contributed by atoms with E-state index in [1.807, 2.05) is 13.0 Å². The van der Waals surface area contributed by atoms with E-state index in [0.717, 1.165) is 12.1 Å². The van der Waals surface area contributed by atoms with Crippen LogP contribution in [0.5, 0.6) is 0 Å². The molecule has 18 heavy (non-hydrogen) atoms. The number of amides is 1. The van der Waals surface area contributed by atoms with Crippen molar-refractivity contribution in [2.45, 2.75) is 26.3 Å². The minimum Gasteiger partial charge on any atom is -0.376 e. The van der Waals surface area contributed by atoms with Crippen LogP contribution in [0.4, 0.5) is 5.69 Å². The number of benzene rings is 1. The van der Waals surface area contributed by atoms with E-state index in [1.165, 1.54) is 10.1 Å². The molecule has 2 aromatic rings. The third kappa shape index (κ3) is 3.23. The first-order chi connectivity index (χ1) is 8.69. The molecule has 1 atom stereocenters. The van der Waals surface area contributed by atoms with Gasteiger partial charge in [-0.2, -0.15) is 0 Å². The molecule has 1 heterocycles. The lowest BCUT2D eigenvalue weighted by Gasteiger charge is -2.12.